The van der Waals surface area contributed by atoms with Crippen molar-refractivity contribution in [2.75, 3.05) is 0 Å². The third kappa shape index (κ3) is 1.57. The van der Waals surface area contributed by atoms with E-state index in [2.05, 4.69) is 5.10 Å². The lowest BCUT2D eigenvalue weighted by molar-refractivity contribution is -0.349. The first-order chi connectivity index (χ1) is 5.75. The van der Waals surface area contributed by atoms with Crippen LogP contribution in [0.2, 0.25) is 0 Å². The predicted molar refractivity (Wildman–Crippen MR) is 44.2 cm³/mol. The predicted octanol–water partition coefficient (Wildman–Crippen LogP) is 0.584. The number of nitrogens with zero attached hydrogens (tertiary/aromatic N) is 2. The molecule has 1 rings (SSSR count). The second-order valence-corrected chi connectivity index (χ2v) is 2.08. The summed E-state index contributed by atoms with van der Waals surface area (Å²) in [5.74, 6) is 4.53. The zero-order chi connectivity index (χ0) is 8.97. The van der Waals surface area contributed by atoms with Crippen molar-refractivity contribution in [1.82, 2.24) is 0 Å². The summed E-state index contributed by atoms with van der Waals surface area (Å²) in [6.07, 6.45) is 0. The third-order valence-corrected chi connectivity index (χ3v) is 1.33. The molecule has 0 aromatic heterocycles. The number of hydrazone groups is 1. The number of nitro groups is 1. The molecule has 0 amide bonds. The van der Waals surface area contributed by atoms with Gasteiger partial charge in [0.2, 0.25) is 0 Å². The van der Waals surface area contributed by atoms with Crippen LogP contribution in [0.15, 0.2) is 35.4 Å². The number of hydrogen-bond acceptors (Lipinski definition) is 4. The van der Waals surface area contributed by atoms with Gasteiger partial charge in [0.1, 0.15) is 0 Å². The molecule has 0 radical (unpaired) electrons. The molecule has 0 aliphatic carbocycles. The van der Waals surface area contributed by atoms with Crippen molar-refractivity contribution in [1.29, 1.82) is 0 Å². The summed E-state index contributed by atoms with van der Waals surface area (Å²) in [6, 6.07) is 8.29. The van der Waals surface area contributed by atoms with Crippen molar-refractivity contribution in [3.8, 4) is 0 Å². The largest absolute Gasteiger partial charge is 0.394 e. The minimum atomic E-state index is -0.616. The normalized spacial score (nSPS) is 11.2. The molecule has 1 aromatic rings. The molecule has 0 aliphatic heterocycles. The highest BCUT2D eigenvalue weighted by Crippen LogP contribution is 2.00. The summed E-state index contributed by atoms with van der Waals surface area (Å²) in [6.45, 7) is 0. The number of amidine groups is 1. The maximum atomic E-state index is 10.3. The van der Waals surface area contributed by atoms with E-state index in [1.165, 1.54) is 0 Å². The first-order valence-electron chi connectivity index (χ1n) is 3.23. The quantitative estimate of drug-likeness (QED) is 0.217. The fraction of sp³-hybridized carbons (Fsp3) is 0. The van der Waals surface area contributed by atoms with E-state index < -0.39 is 4.92 Å². The Bertz CT molecular complexity index is 308. The Kier molecular flexibility index (Phi) is 2.37. The molecule has 5 heteroatoms. The van der Waals surface area contributed by atoms with Crippen molar-refractivity contribution < 1.29 is 4.92 Å². The van der Waals surface area contributed by atoms with Crippen molar-refractivity contribution in [3.63, 3.8) is 0 Å². The van der Waals surface area contributed by atoms with Gasteiger partial charge in [0.05, 0.1) is 5.56 Å². The van der Waals surface area contributed by atoms with Crippen LogP contribution < -0.4 is 5.84 Å². The van der Waals surface area contributed by atoms with Crippen molar-refractivity contribution in [2.24, 2.45) is 10.9 Å². The van der Waals surface area contributed by atoms with Crippen molar-refractivity contribution >= 4 is 5.84 Å². The molecule has 0 heterocycles. The number of rotatable bonds is 1. The number of hydrogen-bond donors (Lipinski definition) is 1. The smallest absolute Gasteiger partial charge is 0.358 e. The van der Waals surface area contributed by atoms with E-state index in [4.69, 9.17) is 5.84 Å². The van der Waals surface area contributed by atoms with Gasteiger partial charge in [0, 0.05) is 5.10 Å². The van der Waals surface area contributed by atoms with Crippen molar-refractivity contribution in [2.45, 2.75) is 0 Å². The minimum absolute atomic E-state index is 0.324. The van der Waals surface area contributed by atoms with Crippen LogP contribution in [0.3, 0.4) is 0 Å². The maximum Gasteiger partial charge on any atom is 0.394 e. The van der Waals surface area contributed by atoms with Gasteiger partial charge in [-0.25, -0.2) is 5.84 Å². The highest BCUT2D eigenvalue weighted by molar-refractivity contribution is 5.92. The molecule has 0 atom stereocenters. The van der Waals surface area contributed by atoms with E-state index in [1.54, 1.807) is 30.3 Å². The Morgan fingerprint density at radius 2 is 2.00 bits per heavy atom. The average Bonchev–Trinajstić information content (AvgIpc) is 2.07. The maximum absolute atomic E-state index is 10.3. The molecule has 0 unspecified atom stereocenters. The fourth-order valence-electron chi connectivity index (χ4n) is 0.814. The van der Waals surface area contributed by atoms with Gasteiger partial charge in [0.25, 0.3) is 0 Å². The molecular weight excluding hydrogens is 158 g/mol. The zero-order valence-corrected chi connectivity index (χ0v) is 6.18. The standard InChI is InChI=1S/C7H7N3O2/c8-9-7(10(11)12)6-4-2-1-3-5-6/h1-5H,8H2. The van der Waals surface area contributed by atoms with Crippen molar-refractivity contribution in [3.05, 3.63) is 46.0 Å². The molecular formula is C7H7N3O2. The second-order valence-electron chi connectivity index (χ2n) is 2.08. The molecule has 12 heavy (non-hydrogen) atoms. The van der Waals surface area contributed by atoms with Crippen LogP contribution in [-0.2, 0) is 0 Å². The summed E-state index contributed by atoms with van der Waals surface area (Å²) in [4.78, 5) is 9.71. The SMILES string of the molecule is NN=C(c1ccccc1)[N+](=O)[O-]. The van der Waals surface area contributed by atoms with Crippen LogP contribution in [0.25, 0.3) is 0 Å². The Labute approximate surface area is 68.7 Å². The summed E-state index contributed by atoms with van der Waals surface area (Å²) < 4.78 is 0. The Morgan fingerprint density at radius 3 is 2.42 bits per heavy atom. The van der Waals surface area contributed by atoms with E-state index >= 15 is 0 Å². The van der Waals surface area contributed by atoms with Gasteiger partial charge in [-0.05, 0) is 17.1 Å². The van der Waals surface area contributed by atoms with Crippen LogP contribution in [0.5, 0.6) is 0 Å². The summed E-state index contributed by atoms with van der Waals surface area (Å²) in [7, 11) is 0. The second kappa shape index (κ2) is 3.47. The molecule has 0 spiro atoms. The third-order valence-electron chi connectivity index (χ3n) is 1.33. The highest BCUT2D eigenvalue weighted by Gasteiger charge is 2.13. The van der Waals surface area contributed by atoms with Crippen LogP contribution in [0.4, 0.5) is 0 Å². The Balaban J connectivity index is 3.05. The zero-order valence-electron chi connectivity index (χ0n) is 6.18. The van der Waals surface area contributed by atoms with Gasteiger partial charge in [-0.3, -0.25) is 0 Å². The number of nitrogens with two attached hydrogens (primary N) is 1. The first-order valence-corrected chi connectivity index (χ1v) is 3.23. The monoisotopic (exact) mass is 165 g/mol. The number of benzene rings is 1. The summed E-state index contributed by atoms with van der Waals surface area (Å²) in [5.41, 5.74) is 0.407. The minimum Gasteiger partial charge on any atom is -0.358 e. The van der Waals surface area contributed by atoms with Crippen LogP contribution in [-0.4, -0.2) is 10.8 Å². The Morgan fingerprint density at radius 1 is 1.42 bits per heavy atom. The Hall–Kier alpha value is -1.91. The molecule has 5 nitrogen and oxygen atoms in total. The fourth-order valence-corrected chi connectivity index (χ4v) is 0.814. The van der Waals surface area contributed by atoms with E-state index in [1.807, 2.05) is 0 Å². The highest BCUT2D eigenvalue weighted by atomic mass is 16.6. The molecule has 0 aliphatic rings. The molecule has 62 valence electrons. The van der Waals surface area contributed by atoms with E-state index in [0.717, 1.165) is 0 Å². The average molecular weight is 165 g/mol. The molecule has 0 saturated carbocycles. The van der Waals surface area contributed by atoms with Gasteiger partial charge in [-0.1, -0.05) is 18.2 Å². The van der Waals surface area contributed by atoms with Gasteiger partial charge < -0.3 is 10.1 Å². The first kappa shape index (κ1) is 8.19. The van der Waals surface area contributed by atoms with Gasteiger partial charge in [-0.15, -0.1) is 0 Å². The van der Waals surface area contributed by atoms with E-state index in [9.17, 15) is 10.1 Å². The molecule has 0 bridgehead atoms. The van der Waals surface area contributed by atoms with Gasteiger partial charge >= 0.3 is 5.84 Å². The van der Waals surface area contributed by atoms with Crippen LogP contribution in [0, 0.1) is 10.1 Å². The molecule has 2 N–H and O–H groups in total. The lowest BCUT2D eigenvalue weighted by Crippen LogP contribution is -2.15. The van der Waals surface area contributed by atoms with E-state index in [-0.39, 0.29) is 5.84 Å². The molecule has 1 aromatic carbocycles. The van der Waals surface area contributed by atoms with Crippen LogP contribution in [0.1, 0.15) is 5.56 Å². The van der Waals surface area contributed by atoms with E-state index in [0.29, 0.717) is 5.56 Å². The van der Waals surface area contributed by atoms with Gasteiger partial charge in [0.15, 0.2) is 0 Å². The summed E-state index contributed by atoms with van der Waals surface area (Å²) >= 11 is 0. The van der Waals surface area contributed by atoms with Crippen LogP contribution >= 0.6 is 0 Å². The van der Waals surface area contributed by atoms with Gasteiger partial charge in [-0.2, -0.15) is 0 Å². The molecule has 0 saturated heterocycles. The lowest BCUT2D eigenvalue weighted by Gasteiger charge is -1.95. The molecule has 0 fully saturated rings. The lowest BCUT2D eigenvalue weighted by atomic mass is 10.2. The topological polar surface area (TPSA) is 81.5 Å². The summed E-state index contributed by atoms with van der Waals surface area (Å²) in [5, 5.41) is 13.4.